The summed E-state index contributed by atoms with van der Waals surface area (Å²) in [4.78, 5) is 0. The van der Waals surface area contributed by atoms with Crippen LogP contribution in [0.4, 0.5) is 0 Å². The fourth-order valence-electron chi connectivity index (χ4n) is 2.61. The van der Waals surface area contributed by atoms with Crippen molar-refractivity contribution < 1.29 is 9.47 Å². The van der Waals surface area contributed by atoms with E-state index in [4.69, 9.17) is 17.3 Å². The zero-order valence-electron chi connectivity index (χ0n) is 13.8. The lowest BCUT2D eigenvalue weighted by molar-refractivity contribution is 0.300. The molecule has 1 saturated carbocycles. The Hall–Kier alpha value is -2.16. The molecule has 2 aromatic carbocycles. The average Bonchev–Trinajstić information content (AvgIpc) is 3.36. The molecule has 0 aromatic heterocycles. The van der Waals surface area contributed by atoms with Crippen molar-refractivity contribution in [1.29, 1.82) is 0 Å². The quantitative estimate of drug-likeness (QED) is 0.759. The van der Waals surface area contributed by atoms with E-state index in [-0.39, 0.29) is 0 Å². The van der Waals surface area contributed by atoms with Crippen LogP contribution >= 0.6 is 0 Å². The molecule has 0 aliphatic heterocycles. The van der Waals surface area contributed by atoms with Crippen molar-refractivity contribution in [1.82, 2.24) is 0 Å². The highest BCUT2D eigenvalue weighted by atomic mass is 16.5. The maximum atomic E-state index is 6.03. The minimum atomic E-state index is 0.694. The van der Waals surface area contributed by atoms with Crippen LogP contribution in [0.2, 0.25) is 0 Å². The second-order valence-electron chi connectivity index (χ2n) is 6.21. The van der Waals surface area contributed by atoms with Crippen LogP contribution in [-0.2, 0) is 0 Å². The standard InChI is InChI=1S/C20H21BO2/c1-13-8-16(6-7-20(13)22-3)14(2)17-9-18(21)11-19(10-17)23-12-15-4-5-15/h6-11,15H,2,4-5,12H2,1,3H3. The fraction of sp³-hybridized carbons (Fsp3) is 0.300. The predicted octanol–water partition coefficient (Wildman–Crippen LogP) is 3.65. The van der Waals surface area contributed by atoms with E-state index in [2.05, 4.69) is 12.6 Å². The molecule has 1 aliphatic carbocycles. The number of rotatable bonds is 6. The van der Waals surface area contributed by atoms with Gasteiger partial charge >= 0.3 is 0 Å². The summed E-state index contributed by atoms with van der Waals surface area (Å²) in [6, 6.07) is 11.9. The summed E-state index contributed by atoms with van der Waals surface area (Å²) in [5, 5.41) is 0. The second-order valence-corrected chi connectivity index (χ2v) is 6.21. The third-order valence-electron chi connectivity index (χ3n) is 4.20. The van der Waals surface area contributed by atoms with E-state index in [0.29, 0.717) is 11.4 Å². The molecule has 0 amide bonds. The van der Waals surface area contributed by atoms with Crippen LogP contribution in [0.15, 0.2) is 43.0 Å². The summed E-state index contributed by atoms with van der Waals surface area (Å²) < 4.78 is 11.2. The highest BCUT2D eigenvalue weighted by Gasteiger charge is 2.22. The average molecular weight is 304 g/mol. The van der Waals surface area contributed by atoms with Crippen LogP contribution < -0.4 is 14.9 Å². The highest BCUT2D eigenvalue weighted by Crippen LogP contribution is 2.31. The summed E-state index contributed by atoms with van der Waals surface area (Å²) in [5.41, 5.74) is 4.75. The van der Waals surface area contributed by atoms with Gasteiger partial charge in [0.05, 0.1) is 13.7 Å². The fourth-order valence-corrected chi connectivity index (χ4v) is 2.61. The van der Waals surface area contributed by atoms with Crippen LogP contribution in [0.5, 0.6) is 11.5 Å². The van der Waals surface area contributed by atoms with Gasteiger partial charge in [0.1, 0.15) is 19.3 Å². The molecule has 0 bridgehead atoms. The highest BCUT2D eigenvalue weighted by molar-refractivity contribution is 6.32. The van der Waals surface area contributed by atoms with Gasteiger partial charge in [0.2, 0.25) is 0 Å². The first kappa shape index (κ1) is 15.7. The normalized spacial score (nSPS) is 13.7. The molecule has 1 fully saturated rings. The number of ether oxygens (including phenoxy) is 2. The molecule has 2 radical (unpaired) electrons. The van der Waals surface area contributed by atoms with Crippen LogP contribution in [-0.4, -0.2) is 21.6 Å². The van der Waals surface area contributed by atoms with Crippen molar-refractivity contribution in [3.05, 3.63) is 59.7 Å². The lowest BCUT2D eigenvalue weighted by Gasteiger charge is -2.13. The minimum Gasteiger partial charge on any atom is -0.496 e. The van der Waals surface area contributed by atoms with E-state index in [0.717, 1.165) is 40.4 Å². The van der Waals surface area contributed by atoms with E-state index in [1.165, 1.54) is 12.8 Å². The van der Waals surface area contributed by atoms with E-state index >= 15 is 0 Å². The van der Waals surface area contributed by atoms with Crippen molar-refractivity contribution in [3.8, 4) is 11.5 Å². The Kier molecular flexibility index (Phi) is 4.47. The van der Waals surface area contributed by atoms with Gasteiger partial charge in [-0.05, 0) is 72.2 Å². The van der Waals surface area contributed by atoms with E-state index in [1.54, 1.807) is 7.11 Å². The first-order chi connectivity index (χ1) is 11.1. The van der Waals surface area contributed by atoms with Crippen LogP contribution in [0.25, 0.3) is 5.57 Å². The maximum absolute atomic E-state index is 6.03. The SMILES string of the molecule is [B]c1cc(OCC2CC2)cc(C(=C)c2ccc(OC)c(C)c2)c1. The van der Waals surface area contributed by atoms with E-state index in [1.807, 2.05) is 37.3 Å². The van der Waals surface area contributed by atoms with Crippen molar-refractivity contribution in [2.45, 2.75) is 19.8 Å². The van der Waals surface area contributed by atoms with Gasteiger partial charge in [0.25, 0.3) is 0 Å². The Morgan fingerprint density at radius 3 is 2.61 bits per heavy atom. The summed E-state index contributed by atoms with van der Waals surface area (Å²) in [5.74, 6) is 2.41. The monoisotopic (exact) mass is 304 g/mol. The molecular weight excluding hydrogens is 283 g/mol. The molecule has 0 spiro atoms. The zero-order valence-corrected chi connectivity index (χ0v) is 13.8. The molecule has 2 aromatic rings. The molecule has 2 nitrogen and oxygen atoms in total. The lowest BCUT2D eigenvalue weighted by atomic mass is 9.90. The topological polar surface area (TPSA) is 18.5 Å². The third-order valence-corrected chi connectivity index (χ3v) is 4.20. The van der Waals surface area contributed by atoms with E-state index < -0.39 is 0 Å². The molecule has 0 N–H and O–H groups in total. The third kappa shape index (κ3) is 3.79. The van der Waals surface area contributed by atoms with Gasteiger partial charge in [-0.1, -0.05) is 24.2 Å². The van der Waals surface area contributed by atoms with Gasteiger partial charge in [-0.2, -0.15) is 0 Å². The van der Waals surface area contributed by atoms with Crippen molar-refractivity contribution in [2.24, 2.45) is 5.92 Å². The van der Waals surface area contributed by atoms with Gasteiger partial charge in [0, 0.05) is 0 Å². The lowest BCUT2D eigenvalue weighted by Crippen LogP contribution is -2.07. The molecular formula is C20H21BO2. The summed E-state index contributed by atoms with van der Waals surface area (Å²) in [6.07, 6.45) is 2.54. The largest absolute Gasteiger partial charge is 0.496 e. The number of benzene rings is 2. The van der Waals surface area contributed by atoms with Crippen molar-refractivity contribution in [2.75, 3.05) is 13.7 Å². The Balaban J connectivity index is 1.84. The Morgan fingerprint density at radius 2 is 1.96 bits per heavy atom. The number of methoxy groups -OCH3 is 1. The van der Waals surface area contributed by atoms with Gasteiger partial charge in [-0.15, -0.1) is 0 Å². The molecule has 0 unspecified atom stereocenters. The molecule has 0 heterocycles. The number of hydrogen-bond acceptors (Lipinski definition) is 2. The molecule has 116 valence electrons. The molecule has 0 saturated heterocycles. The van der Waals surface area contributed by atoms with Gasteiger partial charge in [0.15, 0.2) is 0 Å². The number of aryl methyl sites for hydroxylation is 1. The van der Waals surface area contributed by atoms with Gasteiger partial charge < -0.3 is 9.47 Å². The van der Waals surface area contributed by atoms with Crippen molar-refractivity contribution >= 4 is 18.9 Å². The first-order valence-electron chi connectivity index (χ1n) is 7.94. The van der Waals surface area contributed by atoms with Crippen LogP contribution in [0.3, 0.4) is 0 Å². The predicted molar refractivity (Wildman–Crippen MR) is 95.9 cm³/mol. The molecule has 3 heteroatoms. The molecule has 23 heavy (non-hydrogen) atoms. The van der Waals surface area contributed by atoms with E-state index in [9.17, 15) is 0 Å². The van der Waals surface area contributed by atoms with Crippen molar-refractivity contribution in [3.63, 3.8) is 0 Å². The second kappa shape index (κ2) is 6.53. The number of hydrogen-bond donors (Lipinski definition) is 0. The summed E-state index contributed by atoms with van der Waals surface area (Å²) >= 11 is 0. The van der Waals surface area contributed by atoms with Gasteiger partial charge in [-0.25, -0.2) is 0 Å². The summed E-state index contributed by atoms with van der Waals surface area (Å²) in [6.45, 7) is 7.03. The van der Waals surface area contributed by atoms with Crippen LogP contribution in [0, 0.1) is 12.8 Å². The first-order valence-corrected chi connectivity index (χ1v) is 7.94. The molecule has 3 rings (SSSR count). The Morgan fingerprint density at radius 1 is 1.17 bits per heavy atom. The maximum Gasteiger partial charge on any atom is 0.121 e. The Bertz CT molecular complexity index is 732. The smallest absolute Gasteiger partial charge is 0.121 e. The van der Waals surface area contributed by atoms with Crippen LogP contribution in [0.1, 0.15) is 29.5 Å². The molecule has 0 atom stereocenters. The Labute approximate surface area is 139 Å². The summed E-state index contributed by atoms with van der Waals surface area (Å²) in [7, 11) is 7.71. The van der Waals surface area contributed by atoms with Gasteiger partial charge in [-0.3, -0.25) is 0 Å². The zero-order chi connectivity index (χ0) is 16.4. The molecule has 1 aliphatic rings. The minimum absolute atomic E-state index is 0.694.